The van der Waals surface area contributed by atoms with Crippen molar-refractivity contribution >= 4 is 10.9 Å². The first kappa shape index (κ1) is 21.7. The van der Waals surface area contributed by atoms with E-state index in [1.807, 2.05) is 30.5 Å². The summed E-state index contributed by atoms with van der Waals surface area (Å²) in [5.41, 5.74) is 3.28. The van der Waals surface area contributed by atoms with E-state index < -0.39 is 6.43 Å². The van der Waals surface area contributed by atoms with E-state index in [2.05, 4.69) is 4.98 Å². The van der Waals surface area contributed by atoms with Crippen molar-refractivity contribution in [1.82, 2.24) is 4.98 Å². The van der Waals surface area contributed by atoms with Crippen molar-refractivity contribution in [3.63, 3.8) is 0 Å². The highest BCUT2D eigenvalue weighted by molar-refractivity contribution is 5.83. The Hall–Kier alpha value is -2.57. The Morgan fingerprint density at radius 2 is 1.77 bits per heavy atom. The zero-order valence-corrected chi connectivity index (χ0v) is 17.6. The second-order valence-corrected chi connectivity index (χ2v) is 7.94. The first-order valence-corrected chi connectivity index (χ1v) is 10.6. The number of hydrogen-bond donors (Lipinski definition) is 0. The van der Waals surface area contributed by atoms with Crippen molar-refractivity contribution < 1.29 is 23.0 Å². The van der Waals surface area contributed by atoms with Crippen molar-refractivity contribution in [2.24, 2.45) is 5.92 Å². The fraction of sp³-hybridized carbons (Fsp3) is 0.400. The Kier molecular flexibility index (Phi) is 7.10. The van der Waals surface area contributed by atoms with Gasteiger partial charge >= 0.3 is 0 Å². The van der Waals surface area contributed by atoms with Gasteiger partial charge in [0.1, 0.15) is 5.75 Å². The number of methoxy groups -OCH3 is 1. The third-order valence-electron chi connectivity index (χ3n) is 5.80. The van der Waals surface area contributed by atoms with Crippen molar-refractivity contribution in [2.45, 2.75) is 38.4 Å². The summed E-state index contributed by atoms with van der Waals surface area (Å²) in [6.45, 7) is 1.31. The lowest BCUT2D eigenvalue weighted by Crippen LogP contribution is -2.32. The number of halogens is 2. The molecule has 2 heterocycles. The molecule has 0 unspecified atom stereocenters. The zero-order valence-electron chi connectivity index (χ0n) is 17.6. The second kappa shape index (κ2) is 10.2. The second-order valence-electron chi connectivity index (χ2n) is 7.94. The van der Waals surface area contributed by atoms with Crippen LogP contribution in [0.4, 0.5) is 8.78 Å². The molecule has 1 saturated heterocycles. The standard InChI is InChI=1S/C25H27F2NO3/c1-29-21-9-10-23-22(14-21)19(12-13-28-23)8-11-24-30-15-18(16-31-24)3-2-17-4-6-20(7-5-17)25(26)27/h4-7,9-10,12-14,18,24-25H,2-3,8,11,15-16H2,1H3. The lowest BCUT2D eigenvalue weighted by molar-refractivity contribution is -0.203. The summed E-state index contributed by atoms with van der Waals surface area (Å²) in [4.78, 5) is 4.43. The Bertz CT molecular complexity index is 986. The van der Waals surface area contributed by atoms with Gasteiger partial charge in [-0.25, -0.2) is 8.78 Å². The Labute approximate surface area is 181 Å². The van der Waals surface area contributed by atoms with Crippen LogP contribution in [-0.4, -0.2) is 31.6 Å². The van der Waals surface area contributed by atoms with E-state index in [4.69, 9.17) is 14.2 Å². The van der Waals surface area contributed by atoms with Crippen LogP contribution < -0.4 is 4.74 Å². The van der Waals surface area contributed by atoms with Crippen LogP contribution in [0, 0.1) is 5.92 Å². The smallest absolute Gasteiger partial charge is 0.263 e. The minimum atomic E-state index is -2.42. The highest BCUT2D eigenvalue weighted by Gasteiger charge is 2.22. The van der Waals surface area contributed by atoms with E-state index in [-0.39, 0.29) is 11.9 Å². The molecule has 6 heteroatoms. The third-order valence-corrected chi connectivity index (χ3v) is 5.80. The van der Waals surface area contributed by atoms with Gasteiger partial charge < -0.3 is 14.2 Å². The van der Waals surface area contributed by atoms with Crippen LogP contribution in [0.25, 0.3) is 10.9 Å². The summed E-state index contributed by atoms with van der Waals surface area (Å²) in [7, 11) is 1.66. The Morgan fingerprint density at radius 3 is 2.48 bits per heavy atom. The van der Waals surface area contributed by atoms with Crippen molar-refractivity contribution in [2.75, 3.05) is 20.3 Å². The number of pyridine rings is 1. The van der Waals surface area contributed by atoms with Crippen LogP contribution in [0.5, 0.6) is 5.75 Å². The zero-order chi connectivity index (χ0) is 21.6. The largest absolute Gasteiger partial charge is 0.497 e. The summed E-state index contributed by atoms with van der Waals surface area (Å²) in [6.07, 6.45) is 2.55. The maximum atomic E-state index is 12.7. The molecular weight excluding hydrogens is 400 g/mol. The normalized spacial score (nSPS) is 19.1. The summed E-state index contributed by atoms with van der Waals surface area (Å²) in [6, 6.07) is 14.5. The fourth-order valence-electron chi connectivity index (χ4n) is 3.92. The van der Waals surface area contributed by atoms with Gasteiger partial charge in [0, 0.05) is 29.5 Å². The number of nitrogens with zero attached hydrogens (tertiary/aromatic N) is 1. The topological polar surface area (TPSA) is 40.6 Å². The van der Waals surface area contributed by atoms with Crippen LogP contribution in [0.1, 0.15) is 36.0 Å². The molecular formula is C25H27F2NO3. The molecule has 4 nitrogen and oxygen atoms in total. The Morgan fingerprint density at radius 1 is 1.00 bits per heavy atom. The van der Waals surface area contributed by atoms with Crippen molar-refractivity contribution in [1.29, 1.82) is 0 Å². The van der Waals surface area contributed by atoms with Crippen LogP contribution in [0.3, 0.4) is 0 Å². The number of hydrogen-bond acceptors (Lipinski definition) is 4. The first-order chi connectivity index (χ1) is 15.1. The minimum Gasteiger partial charge on any atom is -0.497 e. The molecule has 3 aromatic rings. The van der Waals surface area contributed by atoms with E-state index >= 15 is 0 Å². The van der Waals surface area contributed by atoms with Gasteiger partial charge in [-0.1, -0.05) is 24.3 Å². The predicted octanol–water partition coefficient (Wildman–Crippen LogP) is 5.74. The number of rotatable bonds is 8. The molecule has 0 aliphatic carbocycles. The van der Waals surface area contributed by atoms with Gasteiger partial charge in [0.05, 0.1) is 25.8 Å². The fourth-order valence-corrected chi connectivity index (χ4v) is 3.92. The summed E-state index contributed by atoms with van der Waals surface area (Å²) in [5, 5.41) is 1.09. The molecule has 2 aromatic carbocycles. The van der Waals surface area contributed by atoms with E-state index in [1.54, 1.807) is 19.2 Å². The molecule has 164 valence electrons. The maximum absolute atomic E-state index is 12.7. The first-order valence-electron chi connectivity index (χ1n) is 10.6. The van der Waals surface area contributed by atoms with Crippen molar-refractivity contribution in [3.8, 4) is 5.75 Å². The summed E-state index contributed by atoms with van der Waals surface area (Å²) < 4.78 is 42.5. The van der Waals surface area contributed by atoms with Crippen LogP contribution in [-0.2, 0) is 22.3 Å². The molecule has 1 fully saturated rings. The maximum Gasteiger partial charge on any atom is 0.263 e. The monoisotopic (exact) mass is 427 g/mol. The third kappa shape index (κ3) is 5.57. The number of benzene rings is 2. The average Bonchev–Trinajstić information content (AvgIpc) is 2.82. The van der Waals surface area contributed by atoms with Crippen molar-refractivity contribution in [3.05, 3.63) is 71.4 Å². The van der Waals surface area contributed by atoms with E-state index in [0.29, 0.717) is 19.1 Å². The lowest BCUT2D eigenvalue weighted by atomic mass is 9.99. The Balaban J connectivity index is 1.25. The number of aryl methyl sites for hydroxylation is 2. The summed E-state index contributed by atoms with van der Waals surface area (Å²) >= 11 is 0. The van der Waals surface area contributed by atoms with Crippen LogP contribution in [0.2, 0.25) is 0 Å². The van der Waals surface area contributed by atoms with Crippen LogP contribution >= 0.6 is 0 Å². The molecule has 1 aliphatic heterocycles. The van der Waals surface area contributed by atoms with Gasteiger partial charge in [0.25, 0.3) is 6.43 Å². The van der Waals surface area contributed by atoms with E-state index in [9.17, 15) is 8.78 Å². The quantitative estimate of drug-likeness (QED) is 0.460. The van der Waals surface area contributed by atoms with E-state index in [1.165, 1.54) is 17.7 Å². The molecule has 0 bridgehead atoms. The molecule has 0 amide bonds. The molecule has 0 radical (unpaired) electrons. The van der Waals surface area contributed by atoms with E-state index in [0.717, 1.165) is 47.9 Å². The average molecular weight is 427 g/mol. The SMILES string of the molecule is COc1ccc2nccc(CCC3OCC(CCc4ccc(C(F)F)cc4)CO3)c2c1. The number of alkyl halides is 2. The number of aromatic nitrogens is 1. The molecule has 4 rings (SSSR count). The van der Waals surface area contributed by atoms with Gasteiger partial charge in [-0.2, -0.15) is 0 Å². The molecule has 0 saturated carbocycles. The number of ether oxygens (including phenoxy) is 3. The predicted molar refractivity (Wildman–Crippen MR) is 116 cm³/mol. The van der Waals surface area contributed by atoms with Crippen LogP contribution in [0.15, 0.2) is 54.7 Å². The highest BCUT2D eigenvalue weighted by atomic mass is 19.3. The van der Waals surface area contributed by atoms with Gasteiger partial charge in [-0.15, -0.1) is 0 Å². The number of fused-ring (bicyclic) bond motifs is 1. The molecule has 31 heavy (non-hydrogen) atoms. The minimum absolute atomic E-state index is 0.0661. The highest BCUT2D eigenvalue weighted by Crippen LogP contribution is 2.26. The molecule has 1 aromatic heterocycles. The molecule has 0 spiro atoms. The van der Waals surface area contributed by atoms with Gasteiger partial charge in [0.15, 0.2) is 6.29 Å². The lowest BCUT2D eigenvalue weighted by Gasteiger charge is -2.29. The van der Waals surface area contributed by atoms with Gasteiger partial charge in [-0.3, -0.25) is 4.98 Å². The summed E-state index contributed by atoms with van der Waals surface area (Å²) in [5.74, 6) is 1.13. The van der Waals surface area contributed by atoms with Gasteiger partial charge in [0.2, 0.25) is 0 Å². The molecule has 0 N–H and O–H groups in total. The molecule has 1 aliphatic rings. The van der Waals surface area contributed by atoms with Gasteiger partial charge in [-0.05, 0) is 54.7 Å². The molecule has 0 atom stereocenters.